The molecule has 0 atom stereocenters. The lowest BCUT2D eigenvalue weighted by Crippen LogP contribution is -2.26. The van der Waals surface area contributed by atoms with Crippen LogP contribution in [0.5, 0.6) is 0 Å². The molecule has 7 heteroatoms. The highest BCUT2D eigenvalue weighted by Crippen LogP contribution is 2.27. The van der Waals surface area contributed by atoms with Crippen LogP contribution in [0, 0.1) is 5.82 Å². The van der Waals surface area contributed by atoms with Crippen molar-refractivity contribution in [2.24, 2.45) is 0 Å². The molecule has 25 heavy (non-hydrogen) atoms. The molecule has 0 spiro atoms. The van der Waals surface area contributed by atoms with Crippen molar-refractivity contribution in [3.63, 3.8) is 0 Å². The lowest BCUT2D eigenvalue weighted by molar-refractivity contribution is 0.00618. The van der Waals surface area contributed by atoms with E-state index in [9.17, 15) is 14.0 Å². The summed E-state index contributed by atoms with van der Waals surface area (Å²) < 4.78 is 25.2. The fourth-order valence-electron chi connectivity index (χ4n) is 2.26. The van der Waals surface area contributed by atoms with Crippen LogP contribution in [0.3, 0.4) is 0 Å². The van der Waals surface area contributed by atoms with Crippen molar-refractivity contribution in [3.8, 4) is 5.69 Å². The SMILES string of the molecule is CCOC(=O)c1cn(-c2cccc(F)c2)c(C(=O)OC(C)(C)C)c1N. The number of ether oxygens (including phenoxy) is 2. The van der Waals surface area contributed by atoms with Crippen LogP contribution in [-0.4, -0.2) is 28.7 Å². The first-order valence-electron chi connectivity index (χ1n) is 7.81. The van der Waals surface area contributed by atoms with Gasteiger partial charge in [-0.15, -0.1) is 0 Å². The standard InChI is InChI=1S/C18H21FN2O4/c1-5-24-16(22)13-10-21(12-8-6-7-11(19)9-12)15(14(13)20)17(23)25-18(2,3)4/h6-10H,5,20H2,1-4H3. The molecule has 2 aromatic rings. The van der Waals surface area contributed by atoms with Crippen molar-refractivity contribution < 1.29 is 23.5 Å². The number of benzene rings is 1. The highest BCUT2D eigenvalue weighted by molar-refractivity contribution is 6.04. The van der Waals surface area contributed by atoms with E-state index in [0.29, 0.717) is 5.69 Å². The quantitative estimate of drug-likeness (QED) is 0.857. The summed E-state index contributed by atoms with van der Waals surface area (Å²) in [5.41, 5.74) is 5.49. The Kier molecular flexibility index (Phi) is 5.15. The Labute approximate surface area is 145 Å². The van der Waals surface area contributed by atoms with Gasteiger partial charge in [0.1, 0.15) is 17.0 Å². The number of aromatic nitrogens is 1. The van der Waals surface area contributed by atoms with Crippen LogP contribution in [-0.2, 0) is 9.47 Å². The highest BCUT2D eigenvalue weighted by Gasteiger charge is 2.28. The molecular formula is C18H21FN2O4. The molecule has 1 aromatic heterocycles. The Morgan fingerprint density at radius 3 is 2.48 bits per heavy atom. The van der Waals surface area contributed by atoms with Crippen molar-refractivity contribution in [2.45, 2.75) is 33.3 Å². The third kappa shape index (κ3) is 4.17. The number of anilines is 1. The minimum Gasteiger partial charge on any atom is -0.462 e. The number of rotatable bonds is 4. The predicted octanol–water partition coefficient (Wildman–Crippen LogP) is 3.33. The van der Waals surface area contributed by atoms with E-state index < -0.39 is 23.4 Å². The summed E-state index contributed by atoms with van der Waals surface area (Å²) in [6.07, 6.45) is 1.35. The van der Waals surface area contributed by atoms with Crippen LogP contribution in [0.4, 0.5) is 10.1 Å². The Hall–Kier alpha value is -2.83. The summed E-state index contributed by atoms with van der Waals surface area (Å²) in [4.78, 5) is 24.7. The van der Waals surface area contributed by atoms with Crippen LogP contribution < -0.4 is 5.73 Å². The second kappa shape index (κ2) is 6.96. The summed E-state index contributed by atoms with van der Waals surface area (Å²) in [5, 5.41) is 0. The molecule has 134 valence electrons. The van der Waals surface area contributed by atoms with Crippen LogP contribution in [0.2, 0.25) is 0 Å². The van der Waals surface area contributed by atoms with Crippen molar-refractivity contribution in [2.75, 3.05) is 12.3 Å². The van der Waals surface area contributed by atoms with Gasteiger partial charge in [-0.1, -0.05) is 6.07 Å². The zero-order valence-corrected chi connectivity index (χ0v) is 14.6. The molecule has 0 fully saturated rings. The van der Waals surface area contributed by atoms with E-state index in [0.717, 1.165) is 0 Å². The van der Waals surface area contributed by atoms with Gasteiger partial charge in [0.2, 0.25) is 0 Å². The molecule has 0 saturated carbocycles. The van der Waals surface area contributed by atoms with E-state index in [4.69, 9.17) is 15.2 Å². The zero-order valence-electron chi connectivity index (χ0n) is 14.6. The summed E-state index contributed by atoms with van der Waals surface area (Å²) in [6, 6.07) is 5.58. The van der Waals surface area contributed by atoms with Gasteiger partial charge in [0, 0.05) is 11.9 Å². The number of hydrogen-bond donors (Lipinski definition) is 1. The van der Waals surface area contributed by atoms with Gasteiger partial charge in [0.15, 0.2) is 5.69 Å². The number of nitrogens with two attached hydrogens (primary N) is 1. The van der Waals surface area contributed by atoms with Gasteiger partial charge in [0.05, 0.1) is 12.3 Å². The van der Waals surface area contributed by atoms with Gasteiger partial charge in [-0.25, -0.2) is 14.0 Å². The minimum absolute atomic E-state index is 0.0203. The van der Waals surface area contributed by atoms with Gasteiger partial charge in [-0.2, -0.15) is 0 Å². The number of nitrogens with zero attached hydrogens (tertiary/aromatic N) is 1. The molecule has 0 saturated heterocycles. The number of nitrogen functional groups attached to an aromatic ring is 1. The van der Waals surface area contributed by atoms with Gasteiger partial charge >= 0.3 is 11.9 Å². The third-order valence-corrected chi connectivity index (χ3v) is 3.22. The largest absolute Gasteiger partial charge is 0.462 e. The van der Waals surface area contributed by atoms with Crippen LogP contribution in [0.25, 0.3) is 5.69 Å². The molecule has 0 aliphatic carbocycles. The monoisotopic (exact) mass is 348 g/mol. The smallest absolute Gasteiger partial charge is 0.358 e. The Balaban J connectivity index is 2.62. The van der Waals surface area contributed by atoms with E-state index in [2.05, 4.69) is 0 Å². The van der Waals surface area contributed by atoms with E-state index in [1.165, 1.54) is 29.0 Å². The van der Waals surface area contributed by atoms with Crippen LogP contribution in [0.1, 0.15) is 48.5 Å². The maximum Gasteiger partial charge on any atom is 0.358 e. The molecule has 0 unspecified atom stereocenters. The first-order chi connectivity index (χ1) is 11.6. The average molecular weight is 348 g/mol. The third-order valence-electron chi connectivity index (χ3n) is 3.22. The number of esters is 2. The van der Waals surface area contributed by atoms with Gasteiger partial charge in [-0.3, -0.25) is 0 Å². The average Bonchev–Trinajstić information content (AvgIpc) is 2.83. The predicted molar refractivity (Wildman–Crippen MR) is 91.3 cm³/mol. The summed E-state index contributed by atoms with van der Waals surface area (Å²) in [5.74, 6) is -1.87. The summed E-state index contributed by atoms with van der Waals surface area (Å²) in [7, 11) is 0. The number of carbonyl (C=O) groups excluding carboxylic acids is 2. The Morgan fingerprint density at radius 1 is 1.24 bits per heavy atom. The van der Waals surface area contributed by atoms with Crippen molar-refractivity contribution in [1.29, 1.82) is 0 Å². The van der Waals surface area contributed by atoms with Crippen molar-refractivity contribution in [3.05, 3.63) is 47.5 Å². The molecule has 0 radical (unpaired) electrons. The van der Waals surface area contributed by atoms with Gasteiger partial charge in [0.25, 0.3) is 0 Å². The normalized spacial score (nSPS) is 11.2. The molecule has 6 nitrogen and oxygen atoms in total. The molecule has 0 bridgehead atoms. The molecule has 0 aliphatic heterocycles. The maximum atomic E-state index is 13.6. The number of hydrogen-bond acceptors (Lipinski definition) is 5. The second-order valence-corrected chi connectivity index (χ2v) is 6.38. The zero-order chi connectivity index (χ0) is 18.8. The maximum absolute atomic E-state index is 13.6. The van der Waals surface area contributed by atoms with Crippen molar-refractivity contribution >= 4 is 17.6 Å². The van der Waals surface area contributed by atoms with E-state index in [1.807, 2.05) is 0 Å². The number of carbonyl (C=O) groups is 2. The molecule has 1 heterocycles. The Morgan fingerprint density at radius 2 is 1.92 bits per heavy atom. The van der Waals surface area contributed by atoms with Crippen LogP contribution in [0.15, 0.2) is 30.5 Å². The molecule has 2 rings (SSSR count). The lowest BCUT2D eigenvalue weighted by Gasteiger charge is -2.20. The fourth-order valence-corrected chi connectivity index (χ4v) is 2.26. The highest BCUT2D eigenvalue weighted by atomic mass is 19.1. The van der Waals surface area contributed by atoms with Crippen LogP contribution >= 0.6 is 0 Å². The second-order valence-electron chi connectivity index (χ2n) is 6.38. The molecule has 1 aromatic carbocycles. The van der Waals surface area contributed by atoms with E-state index >= 15 is 0 Å². The lowest BCUT2D eigenvalue weighted by atomic mass is 10.2. The van der Waals surface area contributed by atoms with Gasteiger partial charge < -0.3 is 19.8 Å². The van der Waals surface area contributed by atoms with E-state index in [-0.39, 0.29) is 23.6 Å². The molecule has 0 aliphatic rings. The van der Waals surface area contributed by atoms with Crippen molar-refractivity contribution in [1.82, 2.24) is 4.57 Å². The first kappa shape index (κ1) is 18.5. The molecule has 2 N–H and O–H groups in total. The number of halogens is 1. The summed E-state index contributed by atoms with van der Waals surface area (Å²) in [6.45, 7) is 6.95. The first-order valence-corrected chi connectivity index (χ1v) is 7.81. The van der Waals surface area contributed by atoms with E-state index in [1.54, 1.807) is 33.8 Å². The molecular weight excluding hydrogens is 327 g/mol. The fraction of sp³-hybridized carbons (Fsp3) is 0.333. The summed E-state index contributed by atoms with van der Waals surface area (Å²) >= 11 is 0. The molecule has 0 amide bonds. The Bertz CT molecular complexity index is 806. The minimum atomic E-state index is -0.759. The van der Waals surface area contributed by atoms with Gasteiger partial charge in [-0.05, 0) is 45.9 Å². The topological polar surface area (TPSA) is 83.5 Å².